The van der Waals surface area contributed by atoms with Crippen LogP contribution in [0.2, 0.25) is 0 Å². The van der Waals surface area contributed by atoms with Crippen LogP contribution in [0.15, 0.2) is 34.7 Å². The van der Waals surface area contributed by atoms with Crippen LogP contribution >= 0.6 is 0 Å². The molecule has 2 aromatic rings. The van der Waals surface area contributed by atoms with E-state index >= 15 is 0 Å². The summed E-state index contributed by atoms with van der Waals surface area (Å²) in [5.41, 5.74) is 0.00838. The molecule has 0 aliphatic carbocycles. The second-order valence-electron chi connectivity index (χ2n) is 8.90. The molecule has 2 fully saturated rings. The number of aryl methyl sites for hydroxylation is 1. The topological polar surface area (TPSA) is 84.2 Å². The van der Waals surface area contributed by atoms with Crippen LogP contribution in [0.1, 0.15) is 43.3 Å². The second kappa shape index (κ2) is 8.16. The fraction of sp³-hybridized carbons (Fsp3) is 0.500. The van der Waals surface area contributed by atoms with E-state index in [1.807, 2.05) is 44.2 Å². The van der Waals surface area contributed by atoms with E-state index < -0.39 is 5.54 Å². The number of piperidine rings is 1. The van der Waals surface area contributed by atoms with Crippen LogP contribution in [0.4, 0.5) is 4.79 Å². The van der Waals surface area contributed by atoms with Crippen LogP contribution in [-0.2, 0) is 17.9 Å². The summed E-state index contributed by atoms with van der Waals surface area (Å²) in [5.74, 6) is 3.21. The Hall–Kier alpha value is -3.00. The average molecular weight is 440 g/mol. The van der Waals surface area contributed by atoms with Crippen molar-refractivity contribution >= 4 is 11.9 Å². The van der Waals surface area contributed by atoms with Crippen molar-refractivity contribution in [2.24, 2.45) is 5.92 Å². The number of urea groups is 1. The summed E-state index contributed by atoms with van der Waals surface area (Å²) < 4.78 is 16.5. The lowest BCUT2D eigenvalue weighted by Gasteiger charge is -2.40. The molecule has 0 saturated carbocycles. The zero-order valence-corrected chi connectivity index (χ0v) is 18.6. The Labute approximate surface area is 187 Å². The van der Waals surface area contributed by atoms with Crippen molar-refractivity contribution < 1.29 is 23.5 Å². The summed E-state index contributed by atoms with van der Waals surface area (Å²) in [6.07, 6.45) is 2.30. The molecule has 4 heterocycles. The van der Waals surface area contributed by atoms with Gasteiger partial charge in [-0.1, -0.05) is 13.0 Å². The molecule has 1 unspecified atom stereocenters. The number of amides is 3. The van der Waals surface area contributed by atoms with Crippen LogP contribution in [0.5, 0.6) is 11.5 Å². The Morgan fingerprint density at radius 1 is 1.06 bits per heavy atom. The maximum absolute atomic E-state index is 13.5. The van der Waals surface area contributed by atoms with Gasteiger partial charge >= 0.3 is 6.03 Å². The Morgan fingerprint density at radius 2 is 1.84 bits per heavy atom. The minimum atomic E-state index is -0.833. The quantitative estimate of drug-likeness (QED) is 0.695. The number of likely N-dealkylation sites (tertiary alicyclic amines) is 1. The predicted octanol–water partition coefficient (Wildman–Crippen LogP) is 3.43. The molecule has 1 N–H and O–H groups in total. The van der Waals surface area contributed by atoms with E-state index in [4.69, 9.17) is 13.9 Å². The number of rotatable bonds is 6. The summed E-state index contributed by atoms with van der Waals surface area (Å²) >= 11 is 0. The van der Waals surface area contributed by atoms with Gasteiger partial charge in [0, 0.05) is 0 Å². The summed E-state index contributed by atoms with van der Waals surface area (Å²) in [6.45, 7) is 6.87. The smallest absolute Gasteiger partial charge is 0.325 e. The Bertz CT molecular complexity index is 1030. The van der Waals surface area contributed by atoms with Gasteiger partial charge < -0.3 is 19.2 Å². The molecule has 0 bridgehead atoms. The fourth-order valence-corrected chi connectivity index (χ4v) is 5.19. The molecule has 5 rings (SSSR count). The highest BCUT2D eigenvalue weighted by Gasteiger charge is 2.54. The van der Waals surface area contributed by atoms with Gasteiger partial charge in [0.25, 0.3) is 5.91 Å². The second-order valence-corrected chi connectivity index (χ2v) is 8.90. The van der Waals surface area contributed by atoms with Crippen molar-refractivity contribution in [1.29, 1.82) is 0 Å². The first-order valence-electron chi connectivity index (χ1n) is 11.3. The third kappa shape index (κ3) is 3.62. The van der Waals surface area contributed by atoms with Gasteiger partial charge in [0.1, 0.15) is 17.1 Å². The number of carbonyl (C=O) groups is 2. The van der Waals surface area contributed by atoms with Crippen molar-refractivity contribution in [2.75, 3.05) is 19.9 Å². The molecule has 3 aliphatic heterocycles. The third-order valence-electron chi connectivity index (χ3n) is 7.00. The molecular formula is C24H29N3O5. The highest BCUT2D eigenvalue weighted by molar-refractivity contribution is 6.07. The third-order valence-corrected chi connectivity index (χ3v) is 7.00. The number of benzene rings is 1. The molecule has 32 heavy (non-hydrogen) atoms. The summed E-state index contributed by atoms with van der Waals surface area (Å²) in [5, 5.41) is 3.07. The van der Waals surface area contributed by atoms with Gasteiger partial charge in [-0.3, -0.25) is 14.6 Å². The van der Waals surface area contributed by atoms with E-state index in [0.29, 0.717) is 17.9 Å². The number of nitrogens with one attached hydrogen (secondary N) is 1. The highest BCUT2D eigenvalue weighted by atomic mass is 16.7. The number of ether oxygens (including phenoxy) is 2. The zero-order valence-electron chi connectivity index (χ0n) is 18.6. The van der Waals surface area contributed by atoms with Gasteiger partial charge in [0.15, 0.2) is 11.5 Å². The normalized spacial score (nSPS) is 23.8. The lowest BCUT2D eigenvalue weighted by atomic mass is 9.75. The van der Waals surface area contributed by atoms with Crippen LogP contribution in [0.25, 0.3) is 0 Å². The molecule has 3 aliphatic rings. The molecule has 0 radical (unpaired) electrons. The molecule has 1 aromatic carbocycles. The Kier molecular flexibility index (Phi) is 5.33. The molecule has 1 aromatic heterocycles. The summed E-state index contributed by atoms with van der Waals surface area (Å²) in [6, 6.07) is 9.21. The standard InChI is InChI=1S/C24H29N3O5/c1-3-24(18-8-10-26(11-9-18)14-19-6-4-16(2)32-19)22(28)27(23(29)25-24)13-17-5-7-20-21(12-17)31-15-30-20/h4-7,12,18H,3,8-11,13-15H2,1-2H3,(H,25,29). The Morgan fingerprint density at radius 3 is 2.56 bits per heavy atom. The molecule has 8 heteroatoms. The van der Waals surface area contributed by atoms with Gasteiger partial charge in [0.2, 0.25) is 6.79 Å². The van der Waals surface area contributed by atoms with E-state index in [1.165, 1.54) is 4.90 Å². The van der Waals surface area contributed by atoms with E-state index in [-0.39, 0.29) is 31.2 Å². The number of nitrogens with zero attached hydrogens (tertiary/aromatic N) is 2. The monoisotopic (exact) mass is 439 g/mol. The predicted molar refractivity (Wildman–Crippen MR) is 116 cm³/mol. The number of furan rings is 1. The lowest BCUT2D eigenvalue weighted by molar-refractivity contribution is -0.134. The molecule has 2 saturated heterocycles. The summed E-state index contributed by atoms with van der Waals surface area (Å²) in [4.78, 5) is 30.1. The molecule has 3 amide bonds. The molecule has 1 atom stereocenters. The van der Waals surface area contributed by atoms with E-state index in [1.54, 1.807) is 0 Å². The SMILES string of the molecule is CCC1(C2CCN(Cc3ccc(C)o3)CC2)NC(=O)N(Cc2ccc3c(c2)OCO3)C1=O. The highest BCUT2D eigenvalue weighted by Crippen LogP contribution is 2.38. The number of hydrogen-bond acceptors (Lipinski definition) is 6. The maximum Gasteiger partial charge on any atom is 0.325 e. The molecular weight excluding hydrogens is 410 g/mol. The number of hydrogen-bond donors (Lipinski definition) is 1. The average Bonchev–Trinajstić information content (AvgIpc) is 3.49. The number of fused-ring (bicyclic) bond motifs is 1. The van der Waals surface area contributed by atoms with Crippen LogP contribution in [0.3, 0.4) is 0 Å². The first-order valence-corrected chi connectivity index (χ1v) is 11.3. The largest absolute Gasteiger partial charge is 0.465 e. The summed E-state index contributed by atoms with van der Waals surface area (Å²) in [7, 11) is 0. The minimum Gasteiger partial charge on any atom is -0.465 e. The van der Waals surface area contributed by atoms with Crippen molar-refractivity contribution in [3.8, 4) is 11.5 Å². The first-order chi connectivity index (χ1) is 15.5. The zero-order chi connectivity index (χ0) is 22.3. The van der Waals surface area contributed by atoms with E-state index in [2.05, 4.69) is 10.2 Å². The number of carbonyl (C=O) groups excluding carboxylic acids is 2. The molecule has 0 spiro atoms. The Balaban J connectivity index is 1.26. The van der Waals surface area contributed by atoms with Gasteiger partial charge in [-0.05, 0) is 75.0 Å². The first kappa shape index (κ1) is 20.9. The molecule has 8 nitrogen and oxygen atoms in total. The van der Waals surface area contributed by atoms with Crippen molar-refractivity contribution in [3.63, 3.8) is 0 Å². The van der Waals surface area contributed by atoms with Gasteiger partial charge in [-0.2, -0.15) is 0 Å². The van der Waals surface area contributed by atoms with Crippen molar-refractivity contribution in [2.45, 2.75) is 51.7 Å². The van der Waals surface area contributed by atoms with Gasteiger partial charge in [-0.15, -0.1) is 0 Å². The van der Waals surface area contributed by atoms with Gasteiger partial charge in [0.05, 0.1) is 13.1 Å². The van der Waals surface area contributed by atoms with Crippen LogP contribution in [0, 0.1) is 12.8 Å². The van der Waals surface area contributed by atoms with Crippen LogP contribution in [-0.4, -0.2) is 47.2 Å². The lowest BCUT2D eigenvalue weighted by Crippen LogP contribution is -2.55. The van der Waals surface area contributed by atoms with Crippen molar-refractivity contribution in [1.82, 2.24) is 15.1 Å². The number of imide groups is 1. The van der Waals surface area contributed by atoms with Crippen LogP contribution < -0.4 is 14.8 Å². The van der Waals surface area contributed by atoms with E-state index in [0.717, 1.165) is 49.6 Å². The fourth-order valence-electron chi connectivity index (χ4n) is 5.19. The van der Waals surface area contributed by atoms with Gasteiger partial charge in [-0.25, -0.2) is 4.79 Å². The maximum atomic E-state index is 13.5. The minimum absolute atomic E-state index is 0.111. The molecule has 170 valence electrons. The van der Waals surface area contributed by atoms with Crippen molar-refractivity contribution in [3.05, 3.63) is 47.4 Å². The van der Waals surface area contributed by atoms with E-state index in [9.17, 15) is 9.59 Å².